The van der Waals surface area contributed by atoms with Crippen LogP contribution in [0.2, 0.25) is 0 Å². The van der Waals surface area contributed by atoms with Gasteiger partial charge in [0.2, 0.25) is 0 Å². The maximum atomic E-state index is 6.31. The van der Waals surface area contributed by atoms with Crippen molar-refractivity contribution < 1.29 is 0 Å². The Morgan fingerprint density at radius 3 is 2.58 bits per heavy atom. The lowest BCUT2D eigenvalue weighted by Gasteiger charge is -2.58. The van der Waals surface area contributed by atoms with E-state index in [1.54, 1.807) is 6.20 Å². The predicted octanol–water partition coefficient (Wildman–Crippen LogP) is 3.72. The molecule has 0 saturated carbocycles. The van der Waals surface area contributed by atoms with Crippen molar-refractivity contribution in [1.29, 1.82) is 0 Å². The molecule has 6 rings (SSSR count). The number of nitrogens with two attached hydrogens (primary N) is 1. The largest absolute Gasteiger partial charge is 0.383 e. The van der Waals surface area contributed by atoms with Gasteiger partial charge in [0.05, 0.1) is 17.4 Å². The monoisotopic (exact) mass is 437 g/mol. The van der Waals surface area contributed by atoms with Crippen LogP contribution < -0.4 is 11.1 Å². The van der Waals surface area contributed by atoms with Crippen LogP contribution >= 0.6 is 0 Å². The number of nitrogens with one attached hydrogen (secondary N) is 1. The molecule has 0 aliphatic carbocycles. The first-order chi connectivity index (χ1) is 16.2. The lowest BCUT2D eigenvalue weighted by Crippen LogP contribution is -2.71. The Kier molecular flexibility index (Phi) is 4.74. The van der Waals surface area contributed by atoms with E-state index in [2.05, 4.69) is 44.5 Å². The van der Waals surface area contributed by atoms with Gasteiger partial charge in [-0.1, -0.05) is 36.4 Å². The molecule has 1 aromatic carbocycles. The van der Waals surface area contributed by atoms with E-state index in [0.29, 0.717) is 11.2 Å². The molecule has 7 nitrogen and oxygen atoms in total. The van der Waals surface area contributed by atoms with E-state index in [1.807, 2.05) is 42.5 Å². The Morgan fingerprint density at radius 1 is 1.06 bits per heavy atom. The van der Waals surface area contributed by atoms with Gasteiger partial charge in [-0.15, -0.1) is 6.58 Å². The topological polar surface area (TPSA) is 84.9 Å². The van der Waals surface area contributed by atoms with E-state index < -0.39 is 0 Å². The number of imidazole rings is 1. The molecule has 2 aliphatic rings. The van der Waals surface area contributed by atoms with Gasteiger partial charge in [0, 0.05) is 43.4 Å². The van der Waals surface area contributed by atoms with Gasteiger partial charge in [-0.05, 0) is 30.7 Å². The van der Waals surface area contributed by atoms with Gasteiger partial charge < -0.3 is 11.1 Å². The standard InChI is InChI=1S/C26H27N7/c1-2-7-22(32-16-26(17-32)14-28-15-26)33-24(19-10-6-13-29-23(19)27)31-21-12-11-20(30-25(21)33)18-8-4-3-5-9-18/h2-6,8-13,22,28H,1,7,14-17H2,(H2,27,29). The van der Waals surface area contributed by atoms with Gasteiger partial charge >= 0.3 is 0 Å². The number of nitrogens with zero attached hydrogens (tertiary/aromatic N) is 5. The van der Waals surface area contributed by atoms with Crippen LogP contribution in [0.5, 0.6) is 0 Å². The molecule has 3 N–H and O–H groups in total. The zero-order chi connectivity index (χ0) is 22.4. The second-order valence-electron chi connectivity index (χ2n) is 9.16. The first kappa shape index (κ1) is 20.1. The Morgan fingerprint density at radius 2 is 1.88 bits per heavy atom. The van der Waals surface area contributed by atoms with E-state index in [1.165, 1.54) is 0 Å². The van der Waals surface area contributed by atoms with Gasteiger partial charge in [0.1, 0.15) is 17.2 Å². The summed E-state index contributed by atoms with van der Waals surface area (Å²) in [5, 5.41) is 3.43. The lowest BCUT2D eigenvalue weighted by atomic mass is 9.74. The van der Waals surface area contributed by atoms with Crippen molar-refractivity contribution in [1.82, 2.24) is 29.7 Å². The third-order valence-corrected chi connectivity index (χ3v) is 6.86. The Balaban J connectivity index is 1.53. The number of benzene rings is 1. The fourth-order valence-electron chi connectivity index (χ4n) is 5.12. The maximum Gasteiger partial charge on any atom is 0.162 e. The number of likely N-dealkylation sites (tertiary alicyclic amines) is 1. The first-order valence-electron chi connectivity index (χ1n) is 11.4. The number of hydrogen-bond donors (Lipinski definition) is 2. The Bertz CT molecular complexity index is 1320. The van der Waals surface area contributed by atoms with Crippen LogP contribution in [0.4, 0.5) is 5.82 Å². The van der Waals surface area contributed by atoms with Crippen molar-refractivity contribution in [3.05, 3.63) is 73.4 Å². The average molecular weight is 438 g/mol. The van der Waals surface area contributed by atoms with Crippen LogP contribution in [0.15, 0.2) is 73.4 Å². The van der Waals surface area contributed by atoms with Gasteiger partial charge in [-0.25, -0.2) is 15.0 Å². The zero-order valence-corrected chi connectivity index (χ0v) is 18.5. The number of aromatic nitrogens is 4. The normalized spacial score (nSPS) is 18.1. The summed E-state index contributed by atoms with van der Waals surface area (Å²) in [6.45, 7) is 8.35. The quantitative estimate of drug-likeness (QED) is 0.447. The summed E-state index contributed by atoms with van der Waals surface area (Å²) in [5.74, 6) is 1.27. The minimum Gasteiger partial charge on any atom is -0.383 e. The van der Waals surface area contributed by atoms with Crippen molar-refractivity contribution in [2.24, 2.45) is 5.41 Å². The van der Waals surface area contributed by atoms with Gasteiger partial charge in [-0.3, -0.25) is 9.47 Å². The summed E-state index contributed by atoms with van der Waals surface area (Å²) in [6.07, 6.45) is 4.55. The highest BCUT2D eigenvalue weighted by Crippen LogP contribution is 2.42. The summed E-state index contributed by atoms with van der Waals surface area (Å²) in [6, 6.07) is 18.2. The molecule has 0 amide bonds. The Hall–Kier alpha value is -3.55. The third-order valence-electron chi connectivity index (χ3n) is 6.86. The van der Waals surface area contributed by atoms with Crippen LogP contribution in [-0.2, 0) is 0 Å². The highest BCUT2D eigenvalue weighted by atomic mass is 15.4. The minimum absolute atomic E-state index is 0.0619. The lowest BCUT2D eigenvalue weighted by molar-refractivity contribution is -0.0819. The maximum absolute atomic E-state index is 6.31. The van der Waals surface area contributed by atoms with Gasteiger partial charge in [-0.2, -0.15) is 0 Å². The molecule has 1 atom stereocenters. The van der Waals surface area contributed by atoms with Crippen LogP contribution in [0.3, 0.4) is 0 Å². The molecule has 2 aliphatic heterocycles. The number of rotatable bonds is 6. The first-order valence-corrected chi connectivity index (χ1v) is 11.4. The second-order valence-corrected chi connectivity index (χ2v) is 9.16. The smallest absolute Gasteiger partial charge is 0.162 e. The fraction of sp³-hybridized carbons (Fsp3) is 0.269. The van der Waals surface area contributed by atoms with E-state index in [9.17, 15) is 0 Å². The molecule has 2 fully saturated rings. The molecule has 0 bridgehead atoms. The molecule has 33 heavy (non-hydrogen) atoms. The summed E-state index contributed by atoms with van der Waals surface area (Å²) < 4.78 is 2.25. The number of fused-ring (bicyclic) bond motifs is 1. The molecular formula is C26H27N7. The van der Waals surface area contributed by atoms with Crippen LogP contribution in [0.25, 0.3) is 33.8 Å². The van der Waals surface area contributed by atoms with Crippen molar-refractivity contribution in [2.45, 2.75) is 12.6 Å². The van der Waals surface area contributed by atoms with Gasteiger partial charge in [0.15, 0.2) is 5.65 Å². The zero-order valence-electron chi connectivity index (χ0n) is 18.5. The molecular weight excluding hydrogens is 410 g/mol. The molecule has 2 saturated heterocycles. The highest BCUT2D eigenvalue weighted by Gasteiger charge is 2.50. The number of anilines is 1. The third kappa shape index (κ3) is 3.32. The van der Waals surface area contributed by atoms with E-state index in [4.69, 9.17) is 15.7 Å². The van der Waals surface area contributed by atoms with Gasteiger partial charge in [0.25, 0.3) is 0 Å². The summed E-state index contributed by atoms with van der Waals surface area (Å²) >= 11 is 0. The summed E-state index contributed by atoms with van der Waals surface area (Å²) in [5.41, 5.74) is 11.3. The summed E-state index contributed by atoms with van der Waals surface area (Å²) in [4.78, 5) is 16.9. The minimum atomic E-state index is 0.0619. The van der Waals surface area contributed by atoms with Crippen LogP contribution in [0.1, 0.15) is 12.6 Å². The molecule has 5 heterocycles. The van der Waals surface area contributed by atoms with Crippen molar-refractivity contribution in [2.75, 3.05) is 31.9 Å². The molecule has 1 spiro atoms. The number of nitrogen functional groups attached to an aromatic ring is 1. The SMILES string of the molecule is C=CCC(N1CC2(CNC2)C1)n1c(-c2cccnc2N)nc2ccc(-c3ccccc3)nc21. The number of hydrogen-bond acceptors (Lipinski definition) is 6. The van der Waals surface area contributed by atoms with Crippen LogP contribution in [0, 0.1) is 5.41 Å². The summed E-state index contributed by atoms with van der Waals surface area (Å²) in [7, 11) is 0. The number of pyridine rings is 2. The van der Waals surface area contributed by atoms with Crippen molar-refractivity contribution in [3.63, 3.8) is 0 Å². The highest BCUT2D eigenvalue weighted by molar-refractivity contribution is 5.82. The van der Waals surface area contributed by atoms with Crippen molar-refractivity contribution >= 4 is 17.0 Å². The van der Waals surface area contributed by atoms with E-state index in [-0.39, 0.29) is 6.17 Å². The molecule has 1 unspecified atom stereocenters. The second kappa shape index (κ2) is 7.79. The Labute approximate surface area is 193 Å². The van der Waals surface area contributed by atoms with E-state index in [0.717, 1.165) is 66.4 Å². The molecule has 166 valence electrons. The van der Waals surface area contributed by atoms with E-state index >= 15 is 0 Å². The predicted molar refractivity (Wildman–Crippen MR) is 131 cm³/mol. The van der Waals surface area contributed by atoms with Crippen molar-refractivity contribution in [3.8, 4) is 22.6 Å². The fourth-order valence-corrected chi connectivity index (χ4v) is 5.12. The molecule has 7 heteroatoms. The molecule has 0 radical (unpaired) electrons. The average Bonchev–Trinajstić information content (AvgIpc) is 3.15. The van der Waals surface area contributed by atoms with Crippen LogP contribution in [-0.4, -0.2) is 50.6 Å². The molecule has 3 aromatic heterocycles. The molecule has 4 aromatic rings.